The van der Waals surface area contributed by atoms with E-state index in [1.165, 1.54) is 0 Å². The van der Waals surface area contributed by atoms with Gasteiger partial charge in [-0.15, -0.1) is 0 Å². The van der Waals surface area contributed by atoms with Gasteiger partial charge in [-0.25, -0.2) is 0 Å². The van der Waals surface area contributed by atoms with Gasteiger partial charge in [0.05, 0.1) is 13.1 Å². The quantitative estimate of drug-likeness (QED) is 0.586. The molecule has 8 heteroatoms. The zero-order chi connectivity index (χ0) is 19.4. The third kappa shape index (κ3) is 4.93. The van der Waals surface area contributed by atoms with Crippen LogP contribution < -0.4 is 0 Å². The van der Waals surface area contributed by atoms with E-state index < -0.39 is 5.97 Å². The summed E-state index contributed by atoms with van der Waals surface area (Å²) in [5.74, 6) is 0.473. The van der Waals surface area contributed by atoms with Crippen molar-refractivity contribution < 1.29 is 14.4 Å². The van der Waals surface area contributed by atoms with Crippen molar-refractivity contribution in [3.63, 3.8) is 0 Å². The standard InChI is InChI=1S/C19H25N5O3/c1-22(2)19(20)15-5-3-14(4-6-15)17-11-16(27-21-17)12-23-7-9-24(10-8-23)13-18(25)26/h3-6,11,20H,7-10,12-13H2,1-2H3,(H,25,26). The minimum absolute atomic E-state index is 0.0988. The lowest BCUT2D eigenvalue weighted by molar-refractivity contribution is -0.138. The molecule has 1 aliphatic heterocycles. The largest absolute Gasteiger partial charge is 0.480 e. The summed E-state index contributed by atoms with van der Waals surface area (Å²) < 4.78 is 5.48. The summed E-state index contributed by atoms with van der Waals surface area (Å²) in [5.41, 5.74) is 2.58. The molecule has 1 aromatic heterocycles. The number of nitrogens with one attached hydrogen (secondary N) is 1. The Morgan fingerprint density at radius 2 is 1.81 bits per heavy atom. The molecule has 2 N–H and O–H groups in total. The van der Waals surface area contributed by atoms with Gasteiger partial charge in [0.1, 0.15) is 11.5 Å². The zero-order valence-electron chi connectivity index (χ0n) is 15.7. The van der Waals surface area contributed by atoms with Crippen LogP contribution in [0.25, 0.3) is 11.3 Å². The molecule has 0 aliphatic carbocycles. The third-order valence-electron chi connectivity index (χ3n) is 4.66. The summed E-state index contributed by atoms with van der Waals surface area (Å²) in [6, 6.07) is 9.65. The molecule has 8 nitrogen and oxygen atoms in total. The van der Waals surface area contributed by atoms with Crippen molar-refractivity contribution in [2.45, 2.75) is 6.54 Å². The fourth-order valence-electron chi connectivity index (χ4n) is 3.10. The molecule has 2 aromatic rings. The maximum atomic E-state index is 10.8. The Morgan fingerprint density at radius 1 is 1.19 bits per heavy atom. The number of amidine groups is 1. The normalized spacial score (nSPS) is 15.6. The molecule has 27 heavy (non-hydrogen) atoms. The number of carboxylic acids is 1. The highest BCUT2D eigenvalue weighted by Crippen LogP contribution is 2.21. The second kappa shape index (κ2) is 8.32. The van der Waals surface area contributed by atoms with Crippen molar-refractivity contribution in [1.82, 2.24) is 19.9 Å². The SMILES string of the molecule is CN(C)C(=N)c1ccc(-c2cc(CN3CCN(CC(=O)O)CC3)on2)cc1. The number of aliphatic carboxylic acids is 1. The van der Waals surface area contributed by atoms with E-state index in [1.54, 1.807) is 4.90 Å². The number of carbonyl (C=O) groups is 1. The van der Waals surface area contributed by atoms with Crippen LogP contribution in [0.1, 0.15) is 11.3 Å². The van der Waals surface area contributed by atoms with Crippen LogP contribution in [0.2, 0.25) is 0 Å². The first kappa shape index (κ1) is 19.1. The Kier molecular flexibility index (Phi) is 5.88. The van der Waals surface area contributed by atoms with Gasteiger partial charge in [0.2, 0.25) is 0 Å². The molecule has 0 bridgehead atoms. The van der Waals surface area contributed by atoms with Gasteiger partial charge in [-0.05, 0) is 0 Å². The van der Waals surface area contributed by atoms with E-state index >= 15 is 0 Å². The van der Waals surface area contributed by atoms with Gasteiger partial charge in [0, 0.05) is 57.5 Å². The molecule has 0 amide bonds. The molecule has 144 valence electrons. The number of hydrogen-bond acceptors (Lipinski definition) is 6. The van der Waals surface area contributed by atoms with E-state index in [0.29, 0.717) is 12.4 Å². The van der Waals surface area contributed by atoms with E-state index in [-0.39, 0.29) is 6.54 Å². The number of benzene rings is 1. The zero-order valence-corrected chi connectivity index (χ0v) is 15.7. The number of carboxylic acid groups (broad SMARTS) is 1. The van der Waals surface area contributed by atoms with Crippen LogP contribution in [-0.2, 0) is 11.3 Å². The molecule has 2 heterocycles. The van der Waals surface area contributed by atoms with Crippen LogP contribution in [0, 0.1) is 5.41 Å². The Labute approximate surface area is 158 Å². The molecule has 0 spiro atoms. The average molecular weight is 371 g/mol. The highest BCUT2D eigenvalue weighted by molar-refractivity contribution is 5.96. The number of rotatable bonds is 6. The van der Waals surface area contributed by atoms with Gasteiger partial charge >= 0.3 is 5.97 Å². The molecule has 0 unspecified atom stereocenters. The monoisotopic (exact) mass is 371 g/mol. The highest BCUT2D eigenvalue weighted by Gasteiger charge is 2.20. The lowest BCUT2D eigenvalue weighted by Gasteiger charge is -2.33. The maximum absolute atomic E-state index is 10.8. The Balaban J connectivity index is 1.57. The van der Waals surface area contributed by atoms with Crippen molar-refractivity contribution in [1.29, 1.82) is 5.41 Å². The van der Waals surface area contributed by atoms with Crippen LogP contribution in [0.5, 0.6) is 0 Å². The van der Waals surface area contributed by atoms with Crippen molar-refractivity contribution >= 4 is 11.8 Å². The summed E-state index contributed by atoms with van der Waals surface area (Å²) in [7, 11) is 3.70. The minimum Gasteiger partial charge on any atom is -0.480 e. The summed E-state index contributed by atoms with van der Waals surface area (Å²) in [5, 5.41) is 21.0. The number of aromatic nitrogens is 1. The first-order valence-electron chi connectivity index (χ1n) is 8.91. The molecule has 1 aliphatic rings. The Bertz CT molecular complexity index is 792. The van der Waals surface area contributed by atoms with Crippen LogP contribution >= 0.6 is 0 Å². The highest BCUT2D eigenvalue weighted by atomic mass is 16.5. The average Bonchev–Trinajstić information content (AvgIpc) is 3.11. The van der Waals surface area contributed by atoms with E-state index in [9.17, 15) is 4.79 Å². The third-order valence-corrected chi connectivity index (χ3v) is 4.66. The first-order chi connectivity index (χ1) is 12.9. The Hall–Kier alpha value is -2.71. The fourth-order valence-corrected chi connectivity index (χ4v) is 3.10. The maximum Gasteiger partial charge on any atom is 0.317 e. The summed E-state index contributed by atoms with van der Waals surface area (Å²) in [4.78, 5) is 16.7. The van der Waals surface area contributed by atoms with Crippen molar-refractivity contribution in [2.75, 3.05) is 46.8 Å². The minimum atomic E-state index is -0.782. The van der Waals surface area contributed by atoms with E-state index in [1.807, 2.05) is 49.3 Å². The summed E-state index contributed by atoms with van der Waals surface area (Å²) >= 11 is 0. The van der Waals surface area contributed by atoms with Crippen molar-refractivity contribution in [2.24, 2.45) is 0 Å². The number of nitrogens with zero attached hydrogens (tertiary/aromatic N) is 4. The first-order valence-corrected chi connectivity index (χ1v) is 8.91. The van der Waals surface area contributed by atoms with E-state index in [4.69, 9.17) is 15.0 Å². The van der Waals surface area contributed by atoms with Crippen LogP contribution in [-0.4, -0.2) is 83.6 Å². The fraction of sp³-hybridized carbons (Fsp3) is 0.421. The second-order valence-corrected chi connectivity index (χ2v) is 6.94. The lowest BCUT2D eigenvalue weighted by Crippen LogP contribution is -2.47. The van der Waals surface area contributed by atoms with Gasteiger partial charge in [0.15, 0.2) is 5.76 Å². The smallest absolute Gasteiger partial charge is 0.317 e. The predicted molar refractivity (Wildman–Crippen MR) is 102 cm³/mol. The molecular formula is C19H25N5O3. The van der Waals surface area contributed by atoms with Gasteiger partial charge in [0.25, 0.3) is 0 Å². The Morgan fingerprint density at radius 3 is 2.41 bits per heavy atom. The van der Waals surface area contributed by atoms with E-state index in [0.717, 1.165) is 48.8 Å². The van der Waals surface area contributed by atoms with Gasteiger partial charge < -0.3 is 14.5 Å². The second-order valence-electron chi connectivity index (χ2n) is 6.94. The molecule has 1 aromatic carbocycles. The van der Waals surface area contributed by atoms with E-state index in [2.05, 4.69) is 10.1 Å². The van der Waals surface area contributed by atoms with Gasteiger partial charge in [-0.2, -0.15) is 0 Å². The molecule has 1 saturated heterocycles. The summed E-state index contributed by atoms with van der Waals surface area (Å²) in [6.45, 7) is 3.87. The molecule has 0 atom stereocenters. The predicted octanol–water partition coefficient (Wildman–Crippen LogP) is 1.43. The number of piperazine rings is 1. The van der Waals surface area contributed by atoms with Gasteiger partial charge in [-0.3, -0.25) is 20.0 Å². The van der Waals surface area contributed by atoms with Crippen LogP contribution in [0.3, 0.4) is 0 Å². The molecule has 0 radical (unpaired) electrons. The molecule has 1 fully saturated rings. The topological polar surface area (TPSA) is 96.9 Å². The lowest BCUT2D eigenvalue weighted by atomic mass is 10.1. The van der Waals surface area contributed by atoms with Crippen molar-refractivity contribution in [3.05, 3.63) is 41.7 Å². The number of hydrogen-bond donors (Lipinski definition) is 2. The molecular weight excluding hydrogens is 346 g/mol. The summed E-state index contributed by atoms with van der Waals surface area (Å²) in [6.07, 6.45) is 0. The molecule has 0 saturated carbocycles. The van der Waals surface area contributed by atoms with Crippen LogP contribution in [0.4, 0.5) is 0 Å². The van der Waals surface area contributed by atoms with Gasteiger partial charge in [-0.1, -0.05) is 29.4 Å². The van der Waals surface area contributed by atoms with Crippen LogP contribution in [0.15, 0.2) is 34.9 Å². The molecule has 3 rings (SSSR count). The van der Waals surface area contributed by atoms with Crippen molar-refractivity contribution in [3.8, 4) is 11.3 Å².